The maximum absolute atomic E-state index is 12.1. The minimum Gasteiger partial charge on any atom is -0.465 e. The monoisotopic (exact) mass is 372 g/mol. The van der Waals surface area contributed by atoms with E-state index in [1.807, 2.05) is 32.0 Å². The molecule has 1 fully saturated rings. The van der Waals surface area contributed by atoms with Crippen LogP contribution >= 0.6 is 0 Å². The average molecular weight is 372 g/mol. The fourth-order valence-electron chi connectivity index (χ4n) is 3.50. The summed E-state index contributed by atoms with van der Waals surface area (Å²) in [6.45, 7) is 7.73. The second kappa shape index (κ2) is 9.01. The van der Waals surface area contributed by atoms with Gasteiger partial charge in [-0.3, -0.25) is 9.69 Å². The van der Waals surface area contributed by atoms with Gasteiger partial charge >= 0.3 is 0 Å². The fourth-order valence-corrected chi connectivity index (χ4v) is 3.50. The van der Waals surface area contributed by atoms with Gasteiger partial charge in [0.05, 0.1) is 6.54 Å². The van der Waals surface area contributed by atoms with Crippen LogP contribution < -0.4 is 10.2 Å². The summed E-state index contributed by atoms with van der Waals surface area (Å²) >= 11 is 0. The van der Waals surface area contributed by atoms with Crippen LogP contribution in [0.1, 0.15) is 35.2 Å². The van der Waals surface area contributed by atoms with Gasteiger partial charge < -0.3 is 19.7 Å². The number of pyridine rings is 1. The number of aliphatic hydroxyl groups is 1. The molecule has 0 aromatic carbocycles. The van der Waals surface area contributed by atoms with Gasteiger partial charge in [0.2, 0.25) is 0 Å². The van der Waals surface area contributed by atoms with Gasteiger partial charge in [-0.1, -0.05) is 0 Å². The lowest BCUT2D eigenvalue weighted by atomic mass is 10.1. The summed E-state index contributed by atoms with van der Waals surface area (Å²) in [7, 11) is 0. The maximum atomic E-state index is 12.1. The standard InChI is InChI=1S/C20H28N4O3/c1-3-21-20(26)16-6-8-22-19(12-16)24-10-9-23(17(13-24)7-11-25)14-18-5-4-15(2)27-18/h4-6,8,12,17,25H,3,7,9-11,13-14H2,1-2H3,(H,21,26). The van der Waals surface area contributed by atoms with E-state index in [2.05, 4.69) is 20.1 Å². The summed E-state index contributed by atoms with van der Waals surface area (Å²) in [6, 6.07) is 7.75. The number of hydrogen-bond acceptors (Lipinski definition) is 6. The van der Waals surface area contributed by atoms with E-state index in [0.717, 1.165) is 43.5 Å². The molecule has 0 aliphatic carbocycles. The van der Waals surface area contributed by atoms with Crippen molar-refractivity contribution in [3.8, 4) is 0 Å². The summed E-state index contributed by atoms with van der Waals surface area (Å²) < 4.78 is 5.71. The Kier molecular flexibility index (Phi) is 6.47. The van der Waals surface area contributed by atoms with Gasteiger partial charge in [0, 0.05) is 50.6 Å². The molecule has 7 heteroatoms. The van der Waals surface area contributed by atoms with Gasteiger partial charge in [-0.05, 0) is 44.5 Å². The van der Waals surface area contributed by atoms with Crippen molar-refractivity contribution >= 4 is 11.7 Å². The summed E-state index contributed by atoms with van der Waals surface area (Å²) in [4.78, 5) is 21.1. The number of hydrogen-bond donors (Lipinski definition) is 2. The molecular formula is C20H28N4O3. The molecule has 7 nitrogen and oxygen atoms in total. The SMILES string of the molecule is CCNC(=O)c1ccnc(N2CCN(Cc3ccc(C)o3)C(CCO)C2)c1. The zero-order valence-corrected chi connectivity index (χ0v) is 16.0. The van der Waals surface area contributed by atoms with E-state index in [1.165, 1.54) is 0 Å². The first-order valence-corrected chi connectivity index (χ1v) is 9.50. The Morgan fingerprint density at radius 3 is 2.93 bits per heavy atom. The van der Waals surface area contributed by atoms with E-state index in [1.54, 1.807) is 12.3 Å². The second-order valence-electron chi connectivity index (χ2n) is 6.86. The first-order chi connectivity index (χ1) is 13.1. The molecule has 0 bridgehead atoms. The summed E-state index contributed by atoms with van der Waals surface area (Å²) in [6.07, 6.45) is 2.37. The van der Waals surface area contributed by atoms with Gasteiger partial charge in [0.1, 0.15) is 17.3 Å². The highest BCUT2D eigenvalue weighted by Crippen LogP contribution is 2.22. The first kappa shape index (κ1) is 19.4. The number of carbonyl (C=O) groups is 1. The minimum atomic E-state index is -0.0834. The molecule has 2 aromatic heterocycles. The van der Waals surface area contributed by atoms with E-state index in [0.29, 0.717) is 18.5 Å². The summed E-state index contributed by atoms with van der Waals surface area (Å²) in [5, 5.41) is 12.3. The highest BCUT2D eigenvalue weighted by Gasteiger charge is 2.28. The quantitative estimate of drug-likeness (QED) is 0.771. The minimum absolute atomic E-state index is 0.0834. The van der Waals surface area contributed by atoms with Crippen LogP contribution in [0.4, 0.5) is 5.82 Å². The van der Waals surface area contributed by atoms with E-state index in [4.69, 9.17) is 4.42 Å². The molecule has 2 aromatic rings. The number of nitrogens with one attached hydrogen (secondary N) is 1. The molecule has 0 saturated carbocycles. The number of nitrogens with zero attached hydrogens (tertiary/aromatic N) is 3. The topological polar surface area (TPSA) is 81.8 Å². The molecule has 27 heavy (non-hydrogen) atoms. The van der Waals surface area contributed by atoms with Crippen molar-refractivity contribution in [1.82, 2.24) is 15.2 Å². The number of amides is 1. The lowest BCUT2D eigenvalue weighted by molar-refractivity contribution is 0.0955. The molecule has 146 valence electrons. The van der Waals surface area contributed by atoms with Crippen molar-refractivity contribution in [1.29, 1.82) is 0 Å². The van der Waals surface area contributed by atoms with Crippen molar-refractivity contribution in [3.63, 3.8) is 0 Å². The van der Waals surface area contributed by atoms with Crippen LogP contribution in [0, 0.1) is 6.92 Å². The lowest BCUT2D eigenvalue weighted by Gasteiger charge is -2.41. The third-order valence-electron chi connectivity index (χ3n) is 4.89. The van der Waals surface area contributed by atoms with Gasteiger partial charge in [0.15, 0.2) is 0 Å². The fraction of sp³-hybridized carbons (Fsp3) is 0.500. The van der Waals surface area contributed by atoms with Crippen molar-refractivity contribution < 1.29 is 14.3 Å². The molecule has 0 radical (unpaired) electrons. The normalized spacial score (nSPS) is 17.9. The predicted molar refractivity (Wildman–Crippen MR) is 104 cm³/mol. The Balaban J connectivity index is 1.70. The number of anilines is 1. The number of piperazine rings is 1. The molecule has 2 N–H and O–H groups in total. The number of rotatable bonds is 7. The summed E-state index contributed by atoms with van der Waals surface area (Å²) in [5.74, 6) is 2.57. The van der Waals surface area contributed by atoms with Crippen LogP contribution in [0.2, 0.25) is 0 Å². The zero-order valence-electron chi connectivity index (χ0n) is 16.0. The summed E-state index contributed by atoms with van der Waals surface area (Å²) in [5.41, 5.74) is 0.619. The van der Waals surface area contributed by atoms with Crippen LogP contribution in [0.3, 0.4) is 0 Å². The van der Waals surface area contributed by atoms with Crippen LogP contribution in [-0.2, 0) is 6.54 Å². The van der Waals surface area contributed by atoms with Gasteiger partial charge in [-0.2, -0.15) is 0 Å². The van der Waals surface area contributed by atoms with E-state index in [9.17, 15) is 9.90 Å². The van der Waals surface area contributed by atoms with Crippen molar-refractivity contribution in [2.24, 2.45) is 0 Å². The molecule has 3 heterocycles. The van der Waals surface area contributed by atoms with Crippen molar-refractivity contribution in [2.75, 3.05) is 37.7 Å². The van der Waals surface area contributed by atoms with Crippen molar-refractivity contribution in [3.05, 3.63) is 47.5 Å². The molecular weight excluding hydrogens is 344 g/mol. The molecule has 0 spiro atoms. The number of furan rings is 1. The Morgan fingerprint density at radius 1 is 1.37 bits per heavy atom. The van der Waals surface area contributed by atoms with E-state index < -0.39 is 0 Å². The third-order valence-corrected chi connectivity index (χ3v) is 4.89. The zero-order chi connectivity index (χ0) is 19.2. The number of aryl methyl sites for hydroxylation is 1. The number of aliphatic hydroxyl groups excluding tert-OH is 1. The largest absolute Gasteiger partial charge is 0.465 e. The molecule has 1 aliphatic rings. The third kappa shape index (κ3) is 4.87. The second-order valence-corrected chi connectivity index (χ2v) is 6.86. The Morgan fingerprint density at radius 2 is 2.22 bits per heavy atom. The Labute approximate surface area is 160 Å². The molecule has 1 aliphatic heterocycles. The Bertz CT molecular complexity index is 761. The van der Waals surface area contributed by atoms with Crippen LogP contribution in [0.15, 0.2) is 34.9 Å². The molecule has 3 rings (SSSR count). The highest BCUT2D eigenvalue weighted by atomic mass is 16.3. The van der Waals surface area contributed by atoms with Gasteiger partial charge in [-0.25, -0.2) is 4.98 Å². The predicted octanol–water partition coefficient (Wildman–Crippen LogP) is 1.81. The number of carbonyl (C=O) groups excluding carboxylic acids is 1. The molecule has 1 unspecified atom stereocenters. The van der Waals surface area contributed by atoms with Crippen molar-refractivity contribution in [2.45, 2.75) is 32.9 Å². The average Bonchev–Trinajstić information content (AvgIpc) is 3.08. The van der Waals surface area contributed by atoms with E-state index >= 15 is 0 Å². The van der Waals surface area contributed by atoms with E-state index in [-0.39, 0.29) is 18.6 Å². The highest BCUT2D eigenvalue weighted by molar-refractivity contribution is 5.94. The molecule has 1 atom stereocenters. The Hall–Kier alpha value is -2.38. The first-order valence-electron chi connectivity index (χ1n) is 9.50. The smallest absolute Gasteiger partial charge is 0.251 e. The molecule has 1 amide bonds. The molecule has 1 saturated heterocycles. The lowest BCUT2D eigenvalue weighted by Crippen LogP contribution is -2.53. The maximum Gasteiger partial charge on any atom is 0.251 e. The van der Waals surface area contributed by atoms with Crippen LogP contribution in [0.25, 0.3) is 0 Å². The van der Waals surface area contributed by atoms with Gasteiger partial charge in [0.25, 0.3) is 5.91 Å². The van der Waals surface area contributed by atoms with Crippen LogP contribution in [0.5, 0.6) is 0 Å². The van der Waals surface area contributed by atoms with Gasteiger partial charge in [-0.15, -0.1) is 0 Å². The van der Waals surface area contributed by atoms with Crippen LogP contribution in [-0.4, -0.2) is 59.7 Å². The number of aromatic nitrogens is 1.